The molecule has 34 heavy (non-hydrogen) atoms. The molecule has 172 valence electrons. The van der Waals surface area contributed by atoms with Gasteiger partial charge in [-0.2, -0.15) is 5.10 Å². The number of rotatable bonds is 5. The molecule has 3 heterocycles. The molecule has 1 amide bonds. The molecule has 0 aliphatic rings. The van der Waals surface area contributed by atoms with Crippen molar-refractivity contribution in [3.05, 3.63) is 75.8 Å². The summed E-state index contributed by atoms with van der Waals surface area (Å²) in [6.07, 6.45) is 0. The highest BCUT2D eigenvalue weighted by atomic mass is 32.2. The molecule has 1 N–H and O–H groups in total. The maximum absolute atomic E-state index is 13.4. The van der Waals surface area contributed by atoms with E-state index >= 15 is 0 Å². The minimum absolute atomic E-state index is 0.132. The van der Waals surface area contributed by atoms with Gasteiger partial charge < -0.3 is 5.32 Å². The molecule has 0 saturated carbocycles. The molecule has 0 aliphatic heterocycles. The molecular formula is C24H23N7O2S. The normalized spacial score (nSPS) is 11.4. The number of carbonyl (C=O) groups is 1. The van der Waals surface area contributed by atoms with E-state index in [0.717, 1.165) is 22.6 Å². The third kappa shape index (κ3) is 3.65. The smallest absolute Gasteiger partial charge is 0.267 e. The Kier molecular flexibility index (Phi) is 5.45. The van der Waals surface area contributed by atoms with Crippen molar-refractivity contribution in [3.8, 4) is 5.69 Å². The minimum Gasteiger partial charge on any atom is -0.322 e. The van der Waals surface area contributed by atoms with Crippen LogP contribution in [0.25, 0.3) is 22.4 Å². The molecular weight excluding hydrogens is 450 g/mol. The van der Waals surface area contributed by atoms with Crippen LogP contribution in [0.1, 0.15) is 17.0 Å². The number of nitrogens with one attached hydrogen (secondary N) is 1. The van der Waals surface area contributed by atoms with Crippen LogP contribution < -0.4 is 10.9 Å². The first kappa shape index (κ1) is 21.9. The van der Waals surface area contributed by atoms with Gasteiger partial charge >= 0.3 is 0 Å². The maximum atomic E-state index is 13.4. The first-order chi connectivity index (χ1) is 16.3. The molecule has 0 atom stereocenters. The van der Waals surface area contributed by atoms with E-state index in [0.29, 0.717) is 27.5 Å². The molecule has 0 aliphatic carbocycles. The van der Waals surface area contributed by atoms with Crippen molar-refractivity contribution in [1.29, 1.82) is 0 Å². The number of hydrogen-bond acceptors (Lipinski definition) is 6. The number of carbonyl (C=O) groups excluding carboxylic acids is 1. The molecule has 9 nitrogen and oxygen atoms in total. The Bertz CT molecular complexity index is 1610. The Hall–Kier alpha value is -3.92. The molecule has 0 saturated heterocycles. The summed E-state index contributed by atoms with van der Waals surface area (Å²) < 4.78 is 5.12. The number of amides is 1. The fourth-order valence-corrected chi connectivity index (χ4v) is 4.70. The second-order valence-corrected chi connectivity index (χ2v) is 9.06. The molecule has 2 aromatic carbocycles. The van der Waals surface area contributed by atoms with Crippen LogP contribution in [0, 0.1) is 20.8 Å². The van der Waals surface area contributed by atoms with Crippen molar-refractivity contribution in [3.63, 3.8) is 0 Å². The molecule has 0 bridgehead atoms. The maximum Gasteiger partial charge on any atom is 0.267 e. The van der Waals surface area contributed by atoms with Gasteiger partial charge in [0.25, 0.3) is 5.56 Å². The van der Waals surface area contributed by atoms with Crippen molar-refractivity contribution < 1.29 is 4.79 Å². The zero-order valence-electron chi connectivity index (χ0n) is 19.2. The molecule has 5 aromatic rings. The Labute approximate surface area is 199 Å². The van der Waals surface area contributed by atoms with Crippen LogP contribution in [0.5, 0.6) is 0 Å². The van der Waals surface area contributed by atoms with Gasteiger partial charge in [0.2, 0.25) is 11.7 Å². The Morgan fingerprint density at radius 3 is 2.47 bits per heavy atom. The van der Waals surface area contributed by atoms with Crippen molar-refractivity contribution in [1.82, 2.24) is 28.9 Å². The highest BCUT2D eigenvalue weighted by molar-refractivity contribution is 7.99. The Balaban J connectivity index is 1.55. The predicted octanol–water partition coefficient (Wildman–Crippen LogP) is 3.42. The average molecular weight is 474 g/mol. The highest BCUT2D eigenvalue weighted by Gasteiger charge is 2.19. The van der Waals surface area contributed by atoms with E-state index in [1.165, 1.54) is 11.8 Å². The minimum atomic E-state index is -0.170. The van der Waals surface area contributed by atoms with E-state index in [-0.39, 0.29) is 17.2 Å². The third-order valence-electron chi connectivity index (χ3n) is 5.79. The monoisotopic (exact) mass is 473 g/mol. The number of fused-ring (bicyclic) bond motifs is 3. The number of anilines is 1. The number of aromatic nitrogens is 6. The van der Waals surface area contributed by atoms with Gasteiger partial charge in [0.05, 0.1) is 39.4 Å². The summed E-state index contributed by atoms with van der Waals surface area (Å²) in [5, 5.41) is 17.0. The van der Waals surface area contributed by atoms with Gasteiger partial charge in [-0.25, -0.2) is 4.57 Å². The summed E-state index contributed by atoms with van der Waals surface area (Å²) in [5.41, 5.74) is 4.69. The first-order valence-electron chi connectivity index (χ1n) is 10.7. The predicted molar refractivity (Wildman–Crippen MR) is 133 cm³/mol. The van der Waals surface area contributed by atoms with E-state index < -0.39 is 0 Å². The van der Waals surface area contributed by atoms with Crippen LogP contribution in [0.3, 0.4) is 0 Å². The lowest BCUT2D eigenvalue weighted by atomic mass is 10.2. The second kappa shape index (κ2) is 8.45. The lowest BCUT2D eigenvalue weighted by Crippen LogP contribution is -2.22. The third-order valence-corrected chi connectivity index (χ3v) is 6.72. The van der Waals surface area contributed by atoms with E-state index in [4.69, 9.17) is 0 Å². The average Bonchev–Trinajstić information content (AvgIpc) is 3.35. The van der Waals surface area contributed by atoms with Crippen LogP contribution in [0.15, 0.2) is 58.5 Å². The second-order valence-electron chi connectivity index (χ2n) is 8.12. The van der Waals surface area contributed by atoms with Crippen LogP contribution in [0.4, 0.5) is 5.69 Å². The fourth-order valence-electron chi connectivity index (χ4n) is 3.96. The summed E-state index contributed by atoms with van der Waals surface area (Å²) in [5.74, 6) is 0.360. The number of nitrogens with zero attached hydrogens (tertiary/aromatic N) is 6. The van der Waals surface area contributed by atoms with Crippen LogP contribution in [-0.4, -0.2) is 40.6 Å². The quantitative estimate of drug-likeness (QED) is 0.393. The highest BCUT2D eigenvalue weighted by Crippen LogP contribution is 2.24. The number of hydrogen-bond donors (Lipinski definition) is 1. The van der Waals surface area contributed by atoms with Gasteiger partial charge in [0.15, 0.2) is 5.16 Å². The molecule has 0 fully saturated rings. The van der Waals surface area contributed by atoms with Gasteiger partial charge in [0.1, 0.15) is 0 Å². The fraction of sp³-hybridized carbons (Fsp3) is 0.208. The topological polar surface area (TPSA) is 99.1 Å². The van der Waals surface area contributed by atoms with Crippen LogP contribution >= 0.6 is 11.8 Å². The lowest BCUT2D eigenvalue weighted by Gasteiger charge is -2.11. The summed E-state index contributed by atoms with van der Waals surface area (Å²) >= 11 is 1.26. The Morgan fingerprint density at radius 2 is 1.76 bits per heavy atom. The summed E-state index contributed by atoms with van der Waals surface area (Å²) in [4.78, 5) is 26.1. The van der Waals surface area contributed by atoms with Gasteiger partial charge in [-0.3, -0.25) is 18.7 Å². The van der Waals surface area contributed by atoms with E-state index in [2.05, 4.69) is 20.6 Å². The number of benzene rings is 2. The van der Waals surface area contributed by atoms with E-state index in [1.54, 1.807) is 15.3 Å². The van der Waals surface area contributed by atoms with Crippen molar-refractivity contribution in [2.24, 2.45) is 7.05 Å². The Morgan fingerprint density at radius 1 is 1.03 bits per heavy atom. The van der Waals surface area contributed by atoms with Crippen molar-refractivity contribution >= 4 is 40.0 Å². The lowest BCUT2D eigenvalue weighted by molar-refractivity contribution is -0.113. The summed E-state index contributed by atoms with van der Waals surface area (Å²) in [7, 11) is 1.84. The van der Waals surface area contributed by atoms with Crippen molar-refractivity contribution in [2.45, 2.75) is 25.9 Å². The molecule has 0 unspecified atom stereocenters. The van der Waals surface area contributed by atoms with E-state index in [1.807, 2.05) is 74.7 Å². The first-order valence-corrected chi connectivity index (χ1v) is 11.7. The zero-order chi connectivity index (χ0) is 24.0. The number of para-hydroxylation sites is 1. The van der Waals surface area contributed by atoms with Gasteiger partial charge in [-0.1, -0.05) is 41.6 Å². The largest absolute Gasteiger partial charge is 0.322 e. The zero-order valence-corrected chi connectivity index (χ0v) is 20.1. The van der Waals surface area contributed by atoms with E-state index in [9.17, 15) is 9.59 Å². The van der Waals surface area contributed by atoms with Gasteiger partial charge in [-0.15, -0.1) is 10.2 Å². The molecule has 5 rings (SSSR count). The number of aryl methyl sites for hydroxylation is 3. The van der Waals surface area contributed by atoms with Gasteiger partial charge in [0, 0.05) is 7.05 Å². The SMILES string of the molecule is Cc1ccc(-n2c(=O)c3ccccc3n3c(SCC(=O)Nc4c(C)nn(C)c4C)nnc23)cc1. The van der Waals surface area contributed by atoms with Gasteiger partial charge in [-0.05, 0) is 45.0 Å². The molecule has 0 spiro atoms. The van der Waals surface area contributed by atoms with Crippen LogP contribution in [-0.2, 0) is 11.8 Å². The molecule has 0 radical (unpaired) electrons. The summed E-state index contributed by atoms with van der Waals surface area (Å²) in [6, 6.07) is 15.0. The standard InChI is InChI=1S/C24H23N7O2S/c1-14-9-11-17(12-10-14)30-22(33)18-7-5-6-8-19(18)31-23(30)26-27-24(31)34-13-20(32)25-21-15(2)28-29(4)16(21)3/h5-12H,13H2,1-4H3,(H,25,32). The number of thioether (sulfide) groups is 1. The summed E-state index contributed by atoms with van der Waals surface area (Å²) in [6.45, 7) is 5.76. The van der Waals surface area contributed by atoms with Crippen molar-refractivity contribution in [2.75, 3.05) is 11.1 Å². The molecule has 3 aromatic heterocycles. The molecule has 10 heteroatoms. The van der Waals surface area contributed by atoms with Crippen LogP contribution in [0.2, 0.25) is 0 Å².